The van der Waals surface area contributed by atoms with Crippen molar-refractivity contribution in [3.05, 3.63) is 16.1 Å². The van der Waals surface area contributed by atoms with Crippen LogP contribution < -0.4 is 10.6 Å². The van der Waals surface area contributed by atoms with Crippen LogP contribution in [0.25, 0.3) is 0 Å². The lowest BCUT2D eigenvalue weighted by molar-refractivity contribution is 0.687. The van der Waals surface area contributed by atoms with Crippen molar-refractivity contribution in [3.63, 3.8) is 0 Å². The molecule has 1 rings (SSSR count). The van der Waals surface area contributed by atoms with Gasteiger partial charge in [0, 0.05) is 36.4 Å². The maximum atomic E-state index is 10.9. The Hall–Kier alpha value is -0.520. The molecule has 0 aliphatic heterocycles. The molecule has 1 aromatic rings. The van der Waals surface area contributed by atoms with Gasteiger partial charge in [0.2, 0.25) is 0 Å². The van der Waals surface area contributed by atoms with Crippen molar-refractivity contribution in [1.29, 1.82) is 0 Å². The minimum absolute atomic E-state index is 0.450. The molecule has 1 aromatic heterocycles. The second-order valence-corrected chi connectivity index (χ2v) is 5.47. The molecule has 0 amide bonds. The van der Waals surface area contributed by atoms with Gasteiger partial charge in [-0.1, -0.05) is 23.2 Å². The van der Waals surface area contributed by atoms with Gasteiger partial charge in [-0.05, 0) is 6.07 Å². The normalized spacial score (nSPS) is 12.2. The summed E-state index contributed by atoms with van der Waals surface area (Å²) < 4.78 is 10.9. The van der Waals surface area contributed by atoms with Crippen LogP contribution in [-0.4, -0.2) is 34.8 Å². The average molecular weight is 282 g/mol. The number of halogens is 2. The fourth-order valence-corrected chi connectivity index (χ4v) is 1.99. The number of nitrogens with one attached hydrogen (secondary N) is 2. The summed E-state index contributed by atoms with van der Waals surface area (Å²) in [6.07, 6.45) is 1.65. The molecule has 16 heavy (non-hydrogen) atoms. The van der Waals surface area contributed by atoms with Gasteiger partial charge in [0.05, 0.1) is 10.0 Å². The van der Waals surface area contributed by atoms with Gasteiger partial charge in [-0.15, -0.1) is 0 Å². The van der Waals surface area contributed by atoms with Gasteiger partial charge in [-0.3, -0.25) is 4.21 Å². The third-order valence-electron chi connectivity index (χ3n) is 1.85. The molecule has 1 unspecified atom stereocenters. The van der Waals surface area contributed by atoms with Gasteiger partial charge in [0.1, 0.15) is 11.6 Å². The van der Waals surface area contributed by atoms with Gasteiger partial charge >= 0.3 is 0 Å². The maximum absolute atomic E-state index is 10.9. The Labute approximate surface area is 107 Å². The summed E-state index contributed by atoms with van der Waals surface area (Å²) in [6, 6.07) is 1.62. The number of rotatable bonds is 5. The molecule has 0 radical (unpaired) electrons. The molecule has 0 aliphatic rings. The number of aromatic nitrogens is 1. The van der Waals surface area contributed by atoms with Gasteiger partial charge < -0.3 is 10.6 Å². The largest absolute Gasteiger partial charge is 0.372 e. The quantitative estimate of drug-likeness (QED) is 0.869. The number of hydrogen-bond donors (Lipinski definition) is 2. The van der Waals surface area contributed by atoms with Crippen molar-refractivity contribution in [2.24, 2.45) is 0 Å². The fraction of sp³-hybridized carbons (Fsp3) is 0.444. The molecule has 7 heteroatoms. The average Bonchev–Trinajstić information content (AvgIpc) is 2.20. The Morgan fingerprint density at radius 1 is 1.38 bits per heavy atom. The Balaban J connectivity index is 2.75. The first-order chi connectivity index (χ1) is 7.54. The highest BCUT2D eigenvalue weighted by atomic mass is 35.5. The Morgan fingerprint density at radius 2 is 2.00 bits per heavy atom. The van der Waals surface area contributed by atoms with E-state index >= 15 is 0 Å². The summed E-state index contributed by atoms with van der Waals surface area (Å²) in [5.41, 5.74) is 0. The van der Waals surface area contributed by atoms with Crippen LogP contribution in [0, 0.1) is 0 Å². The molecular weight excluding hydrogens is 269 g/mol. The van der Waals surface area contributed by atoms with Crippen molar-refractivity contribution >= 4 is 45.6 Å². The van der Waals surface area contributed by atoms with Crippen molar-refractivity contribution in [3.8, 4) is 0 Å². The molecule has 0 saturated carbocycles. The predicted molar refractivity (Wildman–Crippen MR) is 71.2 cm³/mol. The summed E-state index contributed by atoms with van der Waals surface area (Å²) in [5, 5.41) is 6.79. The van der Waals surface area contributed by atoms with Gasteiger partial charge in [0.25, 0.3) is 0 Å². The van der Waals surface area contributed by atoms with E-state index in [9.17, 15) is 4.21 Å². The predicted octanol–water partition coefficient (Wildman–Crippen LogP) is 2.22. The van der Waals surface area contributed by atoms with E-state index in [1.165, 1.54) is 0 Å². The fourth-order valence-electron chi connectivity index (χ4n) is 1.08. The Morgan fingerprint density at radius 3 is 2.56 bits per heavy atom. The first-order valence-corrected chi connectivity index (χ1v) is 7.10. The summed E-state index contributed by atoms with van der Waals surface area (Å²) in [5.74, 6) is 1.65. The van der Waals surface area contributed by atoms with Gasteiger partial charge in [0.15, 0.2) is 0 Å². The Kier molecular flexibility index (Phi) is 5.31. The summed E-state index contributed by atoms with van der Waals surface area (Å²) in [4.78, 5) is 4.20. The molecule has 4 nitrogen and oxygen atoms in total. The van der Waals surface area contributed by atoms with E-state index in [2.05, 4.69) is 15.6 Å². The van der Waals surface area contributed by atoms with Crippen LogP contribution in [0.4, 0.5) is 11.6 Å². The van der Waals surface area contributed by atoms with E-state index in [0.717, 1.165) is 0 Å². The number of anilines is 2. The van der Waals surface area contributed by atoms with Crippen molar-refractivity contribution in [1.82, 2.24) is 4.98 Å². The second kappa shape index (κ2) is 6.27. The molecule has 0 bridgehead atoms. The molecule has 90 valence electrons. The highest BCUT2D eigenvalue weighted by Gasteiger charge is 2.07. The zero-order chi connectivity index (χ0) is 12.1. The van der Waals surface area contributed by atoms with E-state index in [1.807, 2.05) is 0 Å². The number of nitrogens with zero attached hydrogens (tertiary/aromatic N) is 1. The minimum Gasteiger partial charge on any atom is -0.372 e. The third kappa shape index (κ3) is 3.81. The monoisotopic (exact) mass is 281 g/mol. The van der Waals surface area contributed by atoms with Crippen molar-refractivity contribution < 1.29 is 4.21 Å². The molecule has 2 N–H and O–H groups in total. The lowest BCUT2D eigenvalue weighted by atomic mass is 10.4. The summed E-state index contributed by atoms with van der Waals surface area (Å²) in [6.45, 7) is 0.556. The zero-order valence-corrected chi connectivity index (χ0v) is 11.3. The molecule has 1 heterocycles. The standard InChI is InChI=1S/C9H13Cl2N3OS/c1-12-8-6(10)5-7(11)9(14-8)13-3-4-16(2)15/h5H,3-4H2,1-2H3,(H2,12,13,14). The van der Waals surface area contributed by atoms with Crippen LogP contribution in [0.5, 0.6) is 0 Å². The molecule has 0 spiro atoms. The molecule has 1 atom stereocenters. The maximum Gasteiger partial charge on any atom is 0.147 e. The molecule has 0 aliphatic carbocycles. The van der Waals surface area contributed by atoms with Crippen LogP contribution in [-0.2, 0) is 10.8 Å². The number of hydrogen-bond acceptors (Lipinski definition) is 4. The van der Waals surface area contributed by atoms with Gasteiger partial charge in [-0.25, -0.2) is 4.98 Å². The highest BCUT2D eigenvalue weighted by Crippen LogP contribution is 2.28. The smallest absolute Gasteiger partial charge is 0.147 e. The molecule has 0 fully saturated rings. The lowest BCUT2D eigenvalue weighted by Gasteiger charge is -2.10. The van der Waals surface area contributed by atoms with Crippen LogP contribution in [0.1, 0.15) is 0 Å². The van der Waals surface area contributed by atoms with Crippen LogP contribution in [0.15, 0.2) is 6.07 Å². The van der Waals surface area contributed by atoms with Crippen LogP contribution in [0.2, 0.25) is 10.0 Å². The van der Waals surface area contributed by atoms with E-state index in [0.29, 0.717) is 34.0 Å². The summed E-state index contributed by atoms with van der Waals surface area (Å²) >= 11 is 11.9. The topological polar surface area (TPSA) is 54.0 Å². The molecular formula is C9H13Cl2N3OS. The van der Waals surface area contributed by atoms with E-state index in [4.69, 9.17) is 23.2 Å². The van der Waals surface area contributed by atoms with E-state index < -0.39 is 10.8 Å². The van der Waals surface area contributed by atoms with Crippen LogP contribution in [0.3, 0.4) is 0 Å². The minimum atomic E-state index is -0.832. The van der Waals surface area contributed by atoms with Crippen LogP contribution >= 0.6 is 23.2 Å². The molecule has 0 aromatic carbocycles. The second-order valence-electron chi connectivity index (χ2n) is 3.10. The van der Waals surface area contributed by atoms with E-state index in [-0.39, 0.29) is 0 Å². The van der Waals surface area contributed by atoms with Gasteiger partial charge in [-0.2, -0.15) is 0 Å². The molecule has 0 saturated heterocycles. The zero-order valence-electron chi connectivity index (χ0n) is 9.01. The lowest BCUT2D eigenvalue weighted by Crippen LogP contribution is -2.11. The summed E-state index contributed by atoms with van der Waals surface area (Å²) in [7, 11) is 0.897. The third-order valence-corrected chi connectivity index (χ3v) is 3.20. The highest BCUT2D eigenvalue weighted by molar-refractivity contribution is 7.84. The first kappa shape index (κ1) is 13.5. The van der Waals surface area contributed by atoms with Crippen molar-refractivity contribution in [2.45, 2.75) is 0 Å². The SMILES string of the molecule is CNc1nc(NCCS(C)=O)c(Cl)cc1Cl. The Bertz CT molecular complexity index is 401. The number of pyridine rings is 1. The van der Waals surface area contributed by atoms with Crippen molar-refractivity contribution in [2.75, 3.05) is 36.2 Å². The first-order valence-electron chi connectivity index (χ1n) is 4.62. The van der Waals surface area contributed by atoms with E-state index in [1.54, 1.807) is 19.4 Å².